The van der Waals surface area contributed by atoms with Gasteiger partial charge < -0.3 is 0 Å². The fourth-order valence-electron chi connectivity index (χ4n) is 2.35. The molecule has 2 unspecified atom stereocenters. The first-order valence-corrected chi connectivity index (χ1v) is 6.96. The van der Waals surface area contributed by atoms with Crippen LogP contribution in [0.2, 0.25) is 0 Å². The highest BCUT2D eigenvalue weighted by atomic mass is 35.5. The van der Waals surface area contributed by atoms with Crippen molar-refractivity contribution in [3.05, 3.63) is 21.9 Å². The lowest BCUT2D eigenvalue weighted by molar-refractivity contribution is 0.242. The molecule has 1 saturated heterocycles. The summed E-state index contributed by atoms with van der Waals surface area (Å²) in [5.74, 6) is 1.52. The molecule has 0 N–H and O–H groups in total. The highest BCUT2D eigenvalue weighted by Gasteiger charge is 2.30. The zero-order valence-corrected chi connectivity index (χ0v) is 10.9. The molecule has 1 aromatic rings. The Bertz CT molecular complexity index is 323. The third-order valence-electron chi connectivity index (χ3n) is 3.33. The highest BCUT2D eigenvalue weighted by molar-refractivity contribution is 7.10. The molecule has 2 rings (SSSR count). The molecule has 0 radical (unpaired) electrons. The first-order chi connectivity index (χ1) is 7.20. The lowest BCUT2D eigenvalue weighted by Crippen LogP contribution is -2.32. The maximum absolute atomic E-state index is 6.03. The molecule has 0 spiro atoms. The minimum Gasteiger partial charge on any atom is -0.295 e. The second-order valence-electron chi connectivity index (χ2n) is 4.52. The molecule has 1 nitrogen and oxygen atoms in total. The van der Waals surface area contributed by atoms with Gasteiger partial charge in [-0.25, -0.2) is 0 Å². The van der Waals surface area contributed by atoms with E-state index in [4.69, 9.17) is 11.6 Å². The monoisotopic (exact) mass is 243 g/mol. The van der Waals surface area contributed by atoms with Crippen molar-refractivity contribution in [2.45, 2.75) is 32.9 Å². The van der Waals surface area contributed by atoms with Crippen LogP contribution < -0.4 is 0 Å². The number of thiophene rings is 1. The van der Waals surface area contributed by atoms with Gasteiger partial charge in [-0.3, -0.25) is 4.90 Å². The number of aryl methyl sites for hydroxylation is 1. The van der Waals surface area contributed by atoms with E-state index in [1.54, 1.807) is 0 Å². The molecule has 0 bridgehead atoms. The van der Waals surface area contributed by atoms with Crippen LogP contribution in [0.5, 0.6) is 0 Å². The smallest absolute Gasteiger partial charge is 0.0382 e. The molecule has 84 valence electrons. The lowest BCUT2D eigenvalue weighted by Gasteiger charge is -2.24. The minimum atomic E-state index is 0.576. The molecular formula is C12H18ClNS. The predicted molar refractivity (Wildman–Crippen MR) is 67.8 cm³/mol. The van der Waals surface area contributed by atoms with Crippen LogP contribution in [0.15, 0.2) is 11.4 Å². The number of halogens is 1. The van der Waals surface area contributed by atoms with Gasteiger partial charge in [0.05, 0.1) is 0 Å². The summed E-state index contributed by atoms with van der Waals surface area (Å²) in [5, 5.41) is 2.27. The van der Waals surface area contributed by atoms with Crippen LogP contribution in [-0.2, 0) is 6.54 Å². The molecule has 1 fully saturated rings. The Morgan fingerprint density at radius 3 is 3.00 bits per heavy atom. The van der Waals surface area contributed by atoms with Crippen LogP contribution in [0.25, 0.3) is 0 Å². The molecule has 2 heterocycles. The molecule has 2 atom stereocenters. The molecule has 1 aliphatic heterocycles. The molecule has 15 heavy (non-hydrogen) atoms. The van der Waals surface area contributed by atoms with E-state index in [1.807, 2.05) is 11.3 Å². The van der Waals surface area contributed by atoms with Gasteiger partial charge in [-0.1, -0.05) is 6.92 Å². The largest absolute Gasteiger partial charge is 0.295 e. The highest BCUT2D eigenvalue weighted by Crippen LogP contribution is 2.27. The van der Waals surface area contributed by atoms with Crippen molar-refractivity contribution in [2.24, 2.45) is 5.92 Å². The Labute approximate surface area is 101 Å². The van der Waals surface area contributed by atoms with Crippen molar-refractivity contribution < 1.29 is 0 Å². The van der Waals surface area contributed by atoms with E-state index in [0.717, 1.165) is 18.3 Å². The summed E-state index contributed by atoms with van der Waals surface area (Å²) in [6.45, 7) is 6.76. The average molecular weight is 244 g/mol. The third-order valence-corrected chi connectivity index (χ3v) is 4.55. The molecular weight excluding hydrogens is 226 g/mol. The normalized spacial score (nSPS) is 27.4. The van der Waals surface area contributed by atoms with Crippen molar-refractivity contribution in [3.63, 3.8) is 0 Å². The van der Waals surface area contributed by atoms with E-state index in [2.05, 4.69) is 30.2 Å². The van der Waals surface area contributed by atoms with E-state index in [-0.39, 0.29) is 0 Å². The molecule has 0 amide bonds. The maximum atomic E-state index is 6.03. The van der Waals surface area contributed by atoms with Crippen molar-refractivity contribution in [1.82, 2.24) is 4.90 Å². The topological polar surface area (TPSA) is 3.24 Å². The molecule has 3 heteroatoms. The fourth-order valence-corrected chi connectivity index (χ4v) is 3.55. The molecule has 1 aliphatic rings. The Morgan fingerprint density at radius 1 is 1.60 bits per heavy atom. The lowest BCUT2D eigenvalue weighted by atomic mass is 10.1. The van der Waals surface area contributed by atoms with Gasteiger partial charge in [0.2, 0.25) is 0 Å². The van der Waals surface area contributed by atoms with E-state index >= 15 is 0 Å². The van der Waals surface area contributed by atoms with Crippen molar-refractivity contribution >= 4 is 22.9 Å². The van der Waals surface area contributed by atoms with Gasteiger partial charge in [0, 0.05) is 23.3 Å². The van der Waals surface area contributed by atoms with Crippen LogP contribution in [0.3, 0.4) is 0 Å². The van der Waals surface area contributed by atoms with E-state index in [9.17, 15) is 0 Å². The summed E-state index contributed by atoms with van der Waals surface area (Å²) in [4.78, 5) is 3.93. The Morgan fingerprint density at radius 2 is 2.40 bits per heavy atom. The number of hydrogen-bond donors (Lipinski definition) is 0. The Hall–Kier alpha value is -0.0500. The van der Waals surface area contributed by atoms with Crippen LogP contribution >= 0.6 is 22.9 Å². The van der Waals surface area contributed by atoms with Crippen LogP contribution in [0, 0.1) is 12.8 Å². The van der Waals surface area contributed by atoms with Crippen LogP contribution in [0.4, 0.5) is 0 Å². The fraction of sp³-hybridized carbons (Fsp3) is 0.667. The first-order valence-electron chi connectivity index (χ1n) is 5.54. The summed E-state index contributed by atoms with van der Waals surface area (Å²) in [6.07, 6.45) is 1.29. The number of rotatable bonds is 3. The van der Waals surface area contributed by atoms with Gasteiger partial charge in [0.15, 0.2) is 0 Å². The summed E-state index contributed by atoms with van der Waals surface area (Å²) >= 11 is 7.87. The van der Waals surface area contributed by atoms with E-state index in [1.165, 1.54) is 23.4 Å². The molecule has 0 saturated carbocycles. The summed E-state index contributed by atoms with van der Waals surface area (Å²) < 4.78 is 0. The SMILES string of the molecule is Cc1cc(CN2CCC(C)C2CCl)cs1. The summed E-state index contributed by atoms with van der Waals surface area (Å²) in [7, 11) is 0. The first kappa shape index (κ1) is 11.4. The summed E-state index contributed by atoms with van der Waals surface area (Å²) in [6, 6.07) is 2.87. The average Bonchev–Trinajstić information content (AvgIpc) is 2.75. The van der Waals surface area contributed by atoms with Gasteiger partial charge in [-0.2, -0.15) is 0 Å². The molecule has 1 aromatic heterocycles. The van der Waals surface area contributed by atoms with Gasteiger partial charge in [0.1, 0.15) is 0 Å². The number of alkyl halides is 1. The van der Waals surface area contributed by atoms with Crippen molar-refractivity contribution in [1.29, 1.82) is 0 Å². The Kier molecular flexibility index (Phi) is 3.70. The third kappa shape index (κ3) is 2.55. The van der Waals surface area contributed by atoms with Crippen molar-refractivity contribution in [3.8, 4) is 0 Å². The van der Waals surface area contributed by atoms with Gasteiger partial charge in [0.25, 0.3) is 0 Å². The zero-order chi connectivity index (χ0) is 10.8. The second kappa shape index (κ2) is 4.86. The minimum absolute atomic E-state index is 0.576. The van der Waals surface area contributed by atoms with E-state index in [0.29, 0.717) is 6.04 Å². The number of hydrogen-bond acceptors (Lipinski definition) is 2. The predicted octanol–water partition coefficient (Wildman–Crippen LogP) is 3.51. The van der Waals surface area contributed by atoms with Crippen LogP contribution in [-0.4, -0.2) is 23.4 Å². The number of nitrogens with zero attached hydrogens (tertiary/aromatic N) is 1. The standard InChI is InChI=1S/C12H18ClNS/c1-9-3-4-14(12(9)6-13)7-11-5-10(2)15-8-11/h5,8-9,12H,3-4,6-7H2,1-2H3. The van der Waals surface area contributed by atoms with Crippen molar-refractivity contribution in [2.75, 3.05) is 12.4 Å². The van der Waals surface area contributed by atoms with Gasteiger partial charge in [-0.15, -0.1) is 22.9 Å². The second-order valence-corrected chi connectivity index (χ2v) is 5.95. The zero-order valence-electron chi connectivity index (χ0n) is 9.37. The van der Waals surface area contributed by atoms with Crippen LogP contribution in [0.1, 0.15) is 23.8 Å². The number of likely N-dealkylation sites (tertiary alicyclic amines) is 1. The Balaban J connectivity index is 2.00. The van der Waals surface area contributed by atoms with E-state index < -0.39 is 0 Å². The van der Waals surface area contributed by atoms with Gasteiger partial charge in [-0.05, 0) is 42.8 Å². The van der Waals surface area contributed by atoms with Gasteiger partial charge >= 0.3 is 0 Å². The quantitative estimate of drug-likeness (QED) is 0.735. The molecule has 0 aromatic carbocycles. The summed E-state index contributed by atoms with van der Waals surface area (Å²) in [5.41, 5.74) is 1.45. The maximum Gasteiger partial charge on any atom is 0.0382 e. The molecule has 0 aliphatic carbocycles.